The lowest BCUT2D eigenvalue weighted by atomic mass is 9.34. The van der Waals surface area contributed by atoms with Gasteiger partial charge in [-0.2, -0.15) is 0 Å². The van der Waals surface area contributed by atoms with Gasteiger partial charge in [0.2, 0.25) is 0 Å². The van der Waals surface area contributed by atoms with Gasteiger partial charge in [0.25, 0.3) is 0 Å². The van der Waals surface area contributed by atoms with E-state index in [0.29, 0.717) is 51.4 Å². The van der Waals surface area contributed by atoms with Crippen LogP contribution in [-0.4, -0.2) is 202 Å². The van der Waals surface area contributed by atoms with Crippen LogP contribution in [-0.2, 0) is 28.4 Å². The Bertz CT molecular complexity index is 1710. The number of hydrogen-bond donors (Lipinski definition) is 13. The molecule has 4 aliphatic carbocycles. The second kappa shape index (κ2) is 19.8. The number of fused-ring (bicyclic) bond motifs is 5. The van der Waals surface area contributed by atoms with Crippen molar-refractivity contribution in [1.29, 1.82) is 0 Å². The molecule has 3 aliphatic heterocycles. The summed E-state index contributed by atoms with van der Waals surface area (Å²) in [5, 5.41) is 142. The van der Waals surface area contributed by atoms with Crippen LogP contribution in [0.2, 0.25) is 0 Å². The van der Waals surface area contributed by atoms with Gasteiger partial charge in [0.1, 0.15) is 73.2 Å². The molecule has 0 aromatic carbocycles. The van der Waals surface area contributed by atoms with Crippen LogP contribution in [0.5, 0.6) is 0 Å². The molecule has 388 valence electrons. The lowest BCUT2D eigenvalue weighted by Gasteiger charge is -2.72. The van der Waals surface area contributed by atoms with Gasteiger partial charge in [-0.1, -0.05) is 46.3 Å². The molecule has 4 saturated carbocycles. The smallest absolute Gasteiger partial charge is 0.187 e. The first-order valence-corrected chi connectivity index (χ1v) is 24.5. The van der Waals surface area contributed by atoms with E-state index in [0.717, 1.165) is 5.57 Å². The maximum absolute atomic E-state index is 12.7. The van der Waals surface area contributed by atoms with Crippen molar-refractivity contribution in [3.05, 3.63) is 11.6 Å². The highest BCUT2D eigenvalue weighted by Crippen LogP contribution is 2.76. The number of allylic oxidation sites excluding steroid dienone is 2. The fourth-order valence-corrected chi connectivity index (χ4v) is 14.9. The average molecular weight is 963 g/mol. The summed E-state index contributed by atoms with van der Waals surface area (Å²) < 4.78 is 37.9. The molecule has 7 fully saturated rings. The van der Waals surface area contributed by atoms with Crippen LogP contribution in [0.15, 0.2) is 11.6 Å². The largest absolute Gasteiger partial charge is 0.394 e. The van der Waals surface area contributed by atoms with Crippen LogP contribution in [0.1, 0.15) is 107 Å². The Morgan fingerprint density at radius 1 is 0.642 bits per heavy atom. The van der Waals surface area contributed by atoms with Gasteiger partial charge < -0.3 is 94.8 Å². The summed E-state index contributed by atoms with van der Waals surface area (Å²) in [6, 6.07) is 0. The average Bonchev–Trinajstić information content (AvgIpc) is 3.66. The highest BCUT2D eigenvalue weighted by Gasteiger charge is 2.74. The van der Waals surface area contributed by atoms with Crippen molar-refractivity contribution in [3.63, 3.8) is 0 Å². The summed E-state index contributed by atoms with van der Waals surface area (Å²) in [6.45, 7) is 14.4. The minimum absolute atomic E-state index is 0.110. The first-order valence-electron chi connectivity index (χ1n) is 24.5. The molecule has 19 heteroatoms. The molecule has 19 nitrogen and oxygen atoms in total. The standard InChI is InChI=1S/C48H82O19/c1-21(2)10-9-13-48(8,67-42-38(61)35(58)32(55)26(19-50)64-42)22-11-15-46(6)30(22)23(52)16-28-45(5)14-12-29(53)44(3,4)40(45)24(17-47(28,46)7)62-43-39(36(59)33(56)27(20-51)65-43)66-41-37(60)34(57)31(54)25(18-49)63-41/h10,22-43,49-61H,9,11-20H2,1-8H3/t22-,23-,24+,25-,26-,27-,28?,29+,30?,31-,32-,33-,34+,35+,36+,37-,38-,39-,40?,41-,42+,43?,45-,46-,47-,48+/m1/s1. The molecule has 0 spiro atoms. The van der Waals surface area contributed by atoms with Gasteiger partial charge in [0, 0.05) is 0 Å². The van der Waals surface area contributed by atoms with Gasteiger partial charge in [-0.15, -0.1) is 0 Å². The molecule has 0 bridgehead atoms. The summed E-state index contributed by atoms with van der Waals surface area (Å²) in [4.78, 5) is 0. The topological polar surface area (TPSA) is 318 Å². The minimum atomic E-state index is -1.86. The van der Waals surface area contributed by atoms with Gasteiger partial charge in [-0.05, 0) is 117 Å². The fraction of sp³-hybridized carbons (Fsp3) is 0.958. The van der Waals surface area contributed by atoms with E-state index < -0.39 is 163 Å². The highest BCUT2D eigenvalue weighted by atomic mass is 16.8. The monoisotopic (exact) mass is 963 g/mol. The Morgan fingerprint density at radius 2 is 1.18 bits per heavy atom. The summed E-state index contributed by atoms with van der Waals surface area (Å²) in [6.07, 6.45) is -20.0. The molecule has 26 atom stereocenters. The summed E-state index contributed by atoms with van der Waals surface area (Å²) >= 11 is 0. The predicted molar refractivity (Wildman–Crippen MR) is 235 cm³/mol. The quantitative estimate of drug-likeness (QED) is 0.0773. The van der Waals surface area contributed by atoms with Gasteiger partial charge >= 0.3 is 0 Å². The molecule has 3 heterocycles. The Hall–Kier alpha value is -1.02. The third kappa shape index (κ3) is 9.03. The molecule has 13 N–H and O–H groups in total. The number of aliphatic hydroxyl groups is 13. The zero-order valence-electron chi connectivity index (χ0n) is 40.3. The number of rotatable bonds is 13. The molecule has 7 aliphatic rings. The zero-order chi connectivity index (χ0) is 49.5. The van der Waals surface area contributed by atoms with Gasteiger partial charge in [0.15, 0.2) is 18.9 Å². The van der Waals surface area contributed by atoms with E-state index in [9.17, 15) is 66.4 Å². The highest BCUT2D eigenvalue weighted by molar-refractivity contribution is 5.22. The maximum Gasteiger partial charge on any atom is 0.187 e. The van der Waals surface area contributed by atoms with Crippen molar-refractivity contribution in [2.75, 3.05) is 19.8 Å². The van der Waals surface area contributed by atoms with Crippen molar-refractivity contribution >= 4 is 0 Å². The van der Waals surface area contributed by atoms with E-state index in [2.05, 4.69) is 26.8 Å². The maximum atomic E-state index is 12.7. The van der Waals surface area contributed by atoms with Gasteiger partial charge in [0.05, 0.1) is 43.7 Å². The van der Waals surface area contributed by atoms with E-state index in [1.54, 1.807) is 0 Å². The van der Waals surface area contributed by atoms with Crippen LogP contribution >= 0.6 is 0 Å². The Kier molecular flexibility index (Phi) is 15.9. The minimum Gasteiger partial charge on any atom is -0.394 e. The van der Waals surface area contributed by atoms with Crippen LogP contribution in [0, 0.1) is 45.3 Å². The molecule has 67 heavy (non-hydrogen) atoms. The second-order valence-corrected chi connectivity index (χ2v) is 23.1. The SMILES string of the molecule is CC(C)=CCC[C@](C)(O[C@@H]1O[C@H](CO)[C@@H](O)[C@H](O)[C@H]1O)[C@@H]1CC[C@]2(C)C1[C@H](O)CC1[C@@]3(C)CC[C@H](O)C(C)(C)C3[C@@H](OC3O[C@H](CO)[C@@H](O)[C@H](O)[C@H]3O[C@H]3O[C@H](CO)[C@@H](O)[C@H](O)[C@H]3O)C[C@]12C. The normalized spacial score (nSPS) is 52.9. The van der Waals surface area contributed by atoms with Crippen LogP contribution in [0.4, 0.5) is 0 Å². The Morgan fingerprint density at radius 3 is 1.75 bits per heavy atom. The second-order valence-electron chi connectivity index (χ2n) is 23.1. The Balaban J connectivity index is 1.27. The predicted octanol–water partition coefficient (Wildman–Crippen LogP) is -1.06. The van der Waals surface area contributed by atoms with E-state index in [-0.39, 0.29) is 17.8 Å². The fourth-order valence-electron chi connectivity index (χ4n) is 14.9. The van der Waals surface area contributed by atoms with Gasteiger partial charge in [-0.25, -0.2) is 0 Å². The number of aliphatic hydroxyl groups excluding tert-OH is 13. The molecular formula is C48H82O19. The third-order valence-electron chi connectivity index (χ3n) is 18.7. The lowest BCUT2D eigenvalue weighted by molar-refractivity contribution is -0.383. The first-order chi connectivity index (χ1) is 31.3. The van der Waals surface area contributed by atoms with Crippen molar-refractivity contribution in [2.45, 2.75) is 223 Å². The third-order valence-corrected chi connectivity index (χ3v) is 18.7. The Labute approximate surface area is 393 Å². The van der Waals surface area contributed by atoms with E-state index >= 15 is 0 Å². The molecule has 0 radical (unpaired) electrons. The van der Waals surface area contributed by atoms with E-state index in [1.165, 1.54) is 0 Å². The molecule has 4 unspecified atom stereocenters. The van der Waals surface area contributed by atoms with E-state index in [1.807, 2.05) is 34.6 Å². The zero-order valence-corrected chi connectivity index (χ0v) is 40.3. The van der Waals surface area contributed by atoms with Crippen molar-refractivity contribution < 1.29 is 94.8 Å². The molecule has 7 rings (SSSR count). The van der Waals surface area contributed by atoms with E-state index in [4.69, 9.17) is 28.4 Å². The van der Waals surface area contributed by atoms with Crippen LogP contribution < -0.4 is 0 Å². The van der Waals surface area contributed by atoms with Crippen LogP contribution in [0.25, 0.3) is 0 Å². The van der Waals surface area contributed by atoms with Crippen molar-refractivity contribution in [3.8, 4) is 0 Å². The lowest BCUT2D eigenvalue weighted by Crippen LogP contribution is -2.71. The summed E-state index contributed by atoms with van der Waals surface area (Å²) in [5.74, 6) is -1.22. The van der Waals surface area contributed by atoms with Crippen molar-refractivity contribution in [1.82, 2.24) is 0 Å². The van der Waals surface area contributed by atoms with Gasteiger partial charge in [-0.3, -0.25) is 0 Å². The molecular weight excluding hydrogens is 881 g/mol. The summed E-state index contributed by atoms with van der Waals surface area (Å²) in [5.41, 5.74) is -2.56. The number of ether oxygens (including phenoxy) is 6. The molecule has 3 saturated heterocycles. The number of hydrogen-bond acceptors (Lipinski definition) is 19. The summed E-state index contributed by atoms with van der Waals surface area (Å²) in [7, 11) is 0. The molecule has 0 amide bonds. The van der Waals surface area contributed by atoms with Crippen LogP contribution in [0.3, 0.4) is 0 Å². The molecule has 0 aromatic heterocycles. The molecule has 0 aromatic rings. The van der Waals surface area contributed by atoms with Crippen molar-refractivity contribution in [2.24, 2.45) is 45.3 Å². The first kappa shape index (κ1) is 53.8.